The number of aryl methyl sites for hydroxylation is 1. The molecule has 0 atom stereocenters. The Morgan fingerprint density at radius 1 is 0.931 bits per heavy atom. The summed E-state index contributed by atoms with van der Waals surface area (Å²) < 4.78 is 6.09. The van der Waals surface area contributed by atoms with E-state index in [0.29, 0.717) is 25.4 Å². The van der Waals surface area contributed by atoms with Crippen LogP contribution in [0.4, 0.5) is 0 Å². The number of hydrogen-bond donors (Lipinski definition) is 0. The summed E-state index contributed by atoms with van der Waals surface area (Å²) in [6, 6.07) is 10.2. The number of hydrogen-bond acceptors (Lipinski definition) is 3. The molecule has 0 bridgehead atoms. The van der Waals surface area contributed by atoms with E-state index in [4.69, 9.17) is 4.74 Å². The summed E-state index contributed by atoms with van der Waals surface area (Å²) >= 11 is 0. The van der Waals surface area contributed by atoms with E-state index in [-0.39, 0.29) is 17.4 Å². The maximum absolute atomic E-state index is 13.0. The van der Waals surface area contributed by atoms with Gasteiger partial charge in [0.05, 0.1) is 5.60 Å². The van der Waals surface area contributed by atoms with Crippen LogP contribution in [0.5, 0.6) is 0 Å². The van der Waals surface area contributed by atoms with Crippen molar-refractivity contribution in [3.63, 3.8) is 0 Å². The molecule has 3 heterocycles. The third-order valence-electron chi connectivity index (χ3n) is 7.09. The molecule has 5 nitrogen and oxygen atoms in total. The number of nitrogens with zero attached hydrogens (tertiary/aromatic N) is 2. The number of likely N-dealkylation sites (tertiary alicyclic amines) is 2. The Labute approximate surface area is 174 Å². The first kappa shape index (κ1) is 20.4. The van der Waals surface area contributed by atoms with Gasteiger partial charge in [0, 0.05) is 45.1 Å². The van der Waals surface area contributed by atoms with Crippen LogP contribution in [0.3, 0.4) is 0 Å². The zero-order valence-corrected chi connectivity index (χ0v) is 17.5. The molecule has 158 valence electrons. The highest BCUT2D eigenvalue weighted by Crippen LogP contribution is 2.35. The van der Waals surface area contributed by atoms with Crippen molar-refractivity contribution >= 4 is 11.8 Å². The second kappa shape index (κ2) is 9.29. The molecule has 0 radical (unpaired) electrons. The van der Waals surface area contributed by atoms with Gasteiger partial charge in [0.15, 0.2) is 0 Å². The second-order valence-corrected chi connectivity index (χ2v) is 8.95. The molecular formula is C24H34N2O3. The van der Waals surface area contributed by atoms with Crippen molar-refractivity contribution in [1.29, 1.82) is 0 Å². The van der Waals surface area contributed by atoms with Gasteiger partial charge in [-0.1, -0.05) is 30.3 Å². The number of benzene rings is 1. The van der Waals surface area contributed by atoms with Crippen molar-refractivity contribution in [2.75, 3.05) is 32.8 Å². The molecule has 0 saturated carbocycles. The highest BCUT2D eigenvalue weighted by atomic mass is 16.5. The molecule has 3 aliphatic rings. The Morgan fingerprint density at radius 2 is 1.66 bits per heavy atom. The van der Waals surface area contributed by atoms with Crippen LogP contribution in [-0.4, -0.2) is 60.0 Å². The van der Waals surface area contributed by atoms with Gasteiger partial charge in [-0.15, -0.1) is 0 Å². The minimum Gasteiger partial charge on any atom is -0.375 e. The molecule has 1 aromatic rings. The smallest absolute Gasteiger partial charge is 0.225 e. The number of rotatable bonds is 4. The highest BCUT2D eigenvalue weighted by Gasteiger charge is 2.39. The normalized spacial score (nSPS) is 22.6. The molecule has 4 rings (SSSR count). The monoisotopic (exact) mass is 398 g/mol. The Kier molecular flexibility index (Phi) is 6.53. The van der Waals surface area contributed by atoms with Gasteiger partial charge < -0.3 is 14.5 Å². The molecule has 5 heteroatoms. The fraction of sp³-hybridized carbons (Fsp3) is 0.667. The standard InChI is InChI=1S/C24H34N2O3/c27-22(9-8-20-6-2-1-3-7-20)25-15-10-21(11-16-25)23(28)26-17-13-24(14-18-26)12-4-5-19-29-24/h1-3,6-7,21H,4-5,8-19H2. The van der Waals surface area contributed by atoms with Gasteiger partial charge in [-0.25, -0.2) is 0 Å². The number of carbonyl (C=O) groups excluding carboxylic acids is 2. The number of carbonyl (C=O) groups is 2. The predicted molar refractivity (Wildman–Crippen MR) is 112 cm³/mol. The first-order valence-electron chi connectivity index (χ1n) is 11.4. The van der Waals surface area contributed by atoms with E-state index in [2.05, 4.69) is 17.0 Å². The van der Waals surface area contributed by atoms with E-state index in [1.54, 1.807) is 0 Å². The summed E-state index contributed by atoms with van der Waals surface area (Å²) in [4.78, 5) is 29.5. The first-order chi connectivity index (χ1) is 14.2. The maximum Gasteiger partial charge on any atom is 0.225 e. The van der Waals surface area contributed by atoms with Crippen LogP contribution >= 0.6 is 0 Å². The molecule has 0 aromatic heterocycles. The van der Waals surface area contributed by atoms with Gasteiger partial charge in [0.25, 0.3) is 0 Å². The van der Waals surface area contributed by atoms with Crippen LogP contribution in [0.1, 0.15) is 56.9 Å². The molecule has 3 fully saturated rings. The fourth-order valence-electron chi connectivity index (χ4n) is 5.13. The summed E-state index contributed by atoms with van der Waals surface area (Å²) in [5, 5.41) is 0. The largest absolute Gasteiger partial charge is 0.375 e. The zero-order chi connectivity index (χ0) is 20.1. The third-order valence-corrected chi connectivity index (χ3v) is 7.09. The van der Waals surface area contributed by atoms with Gasteiger partial charge in [-0.05, 0) is 56.9 Å². The van der Waals surface area contributed by atoms with Gasteiger partial charge >= 0.3 is 0 Å². The van der Waals surface area contributed by atoms with E-state index in [9.17, 15) is 9.59 Å². The van der Waals surface area contributed by atoms with Crippen molar-refractivity contribution in [3.05, 3.63) is 35.9 Å². The number of ether oxygens (including phenoxy) is 1. The summed E-state index contributed by atoms with van der Waals surface area (Å²) in [5.74, 6) is 0.593. The van der Waals surface area contributed by atoms with E-state index in [1.807, 2.05) is 23.1 Å². The van der Waals surface area contributed by atoms with Crippen molar-refractivity contribution in [3.8, 4) is 0 Å². The first-order valence-corrected chi connectivity index (χ1v) is 11.4. The van der Waals surface area contributed by atoms with Crippen LogP contribution in [0.15, 0.2) is 30.3 Å². The Hall–Kier alpha value is -1.88. The van der Waals surface area contributed by atoms with Gasteiger partial charge in [0.1, 0.15) is 0 Å². The lowest BCUT2D eigenvalue weighted by molar-refractivity contribution is -0.149. The fourth-order valence-corrected chi connectivity index (χ4v) is 5.13. The molecule has 3 saturated heterocycles. The van der Waals surface area contributed by atoms with Crippen LogP contribution in [0, 0.1) is 5.92 Å². The molecule has 0 unspecified atom stereocenters. The van der Waals surface area contributed by atoms with Gasteiger partial charge in [0.2, 0.25) is 11.8 Å². The molecule has 0 N–H and O–H groups in total. The van der Waals surface area contributed by atoms with Gasteiger partial charge in [-0.3, -0.25) is 9.59 Å². The quantitative estimate of drug-likeness (QED) is 0.781. The Balaban J connectivity index is 1.20. The van der Waals surface area contributed by atoms with E-state index in [1.165, 1.54) is 18.4 Å². The van der Waals surface area contributed by atoms with E-state index >= 15 is 0 Å². The summed E-state index contributed by atoms with van der Waals surface area (Å²) in [5.41, 5.74) is 1.25. The topological polar surface area (TPSA) is 49.9 Å². The van der Waals surface area contributed by atoms with Crippen molar-refractivity contribution in [2.45, 2.75) is 63.4 Å². The average Bonchev–Trinajstić information content (AvgIpc) is 2.79. The molecule has 2 amide bonds. The summed E-state index contributed by atoms with van der Waals surface area (Å²) in [6.45, 7) is 3.96. The highest BCUT2D eigenvalue weighted by molar-refractivity contribution is 5.80. The number of amides is 2. The third kappa shape index (κ3) is 5.00. The average molecular weight is 399 g/mol. The van der Waals surface area contributed by atoms with Gasteiger partial charge in [-0.2, -0.15) is 0 Å². The van der Waals surface area contributed by atoms with Crippen molar-refractivity contribution in [2.24, 2.45) is 5.92 Å². The molecule has 1 aromatic carbocycles. The van der Waals surface area contributed by atoms with E-state index in [0.717, 1.165) is 58.2 Å². The minimum atomic E-state index is 0.0452. The number of piperidine rings is 2. The van der Waals surface area contributed by atoms with E-state index < -0.39 is 0 Å². The zero-order valence-electron chi connectivity index (χ0n) is 17.5. The molecule has 1 spiro atoms. The summed E-state index contributed by atoms with van der Waals surface area (Å²) in [6.07, 6.45) is 8.48. The molecular weight excluding hydrogens is 364 g/mol. The van der Waals surface area contributed by atoms with Crippen LogP contribution < -0.4 is 0 Å². The van der Waals surface area contributed by atoms with Crippen LogP contribution in [0.2, 0.25) is 0 Å². The Morgan fingerprint density at radius 3 is 2.31 bits per heavy atom. The Bertz CT molecular complexity index is 681. The lowest BCUT2D eigenvalue weighted by atomic mass is 9.84. The van der Waals surface area contributed by atoms with Crippen molar-refractivity contribution in [1.82, 2.24) is 9.80 Å². The second-order valence-electron chi connectivity index (χ2n) is 8.95. The molecule has 3 aliphatic heterocycles. The predicted octanol–water partition coefficient (Wildman–Crippen LogP) is 3.42. The van der Waals surface area contributed by atoms with Crippen LogP contribution in [0.25, 0.3) is 0 Å². The van der Waals surface area contributed by atoms with Crippen molar-refractivity contribution < 1.29 is 14.3 Å². The maximum atomic E-state index is 13.0. The SMILES string of the molecule is O=C(CCc1ccccc1)N1CCC(C(=O)N2CCC3(CCCCO3)CC2)CC1. The molecule has 29 heavy (non-hydrogen) atoms. The lowest BCUT2D eigenvalue weighted by Crippen LogP contribution is -2.51. The lowest BCUT2D eigenvalue weighted by Gasteiger charge is -2.45. The summed E-state index contributed by atoms with van der Waals surface area (Å²) in [7, 11) is 0. The molecule has 0 aliphatic carbocycles. The minimum absolute atomic E-state index is 0.0452. The van der Waals surface area contributed by atoms with Crippen LogP contribution in [-0.2, 0) is 20.7 Å².